The fourth-order valence-electron chi connectivity index (χ4n) is 3.63. The highest BCUT2D eigenvalue weighted by Gasteiger charge is 2.27. The minimum atomic E-state index is 0.174. The van der Waals surface area contributed by atoms with Crippen molar-refractivity contribution in [2.45, 2.75) is 51.1 Å². The van der Waals surface area contributed by atoms with Gasteiger partial charge in [-0.05, 0) is 56.5 Å². The molecule has 5 heteroatoms. The van der Waals surface area contributed by atoms with E-state index >= 15 is 0 Å². The minimum absolute atomic E-state index is 0.174. The monoisotopic (exact) mass is 354 g/mol. The summed E-state index contributed by atoms with van der Waals surface area (Å²) < 4.78 is 0. The quantitative estimate of drug-likeness (QED) is 0.875. The third kappa shape index (κ3) is 4.62. The Kier molecular flexibility index (Phi) is 5.84. The number of carbonyl (C=O) groups excluding carboxylic acids is 1. The lowest BCUT2D eigenvalue weighted by atomic mass is 9.95. The lowest BCUT2D eigenvalue weighted by molar-refractivity contribution is -0.127. The van der Waals surface area contributed by atoms with E-state index in [9.17, 15) is 4.79 Å². The molecular formula is C18H24Cl2N2O. The van der Waals surface area contributed by atoms with Crippen molar-refractivity contribution in [2.24, 2.45) is 5.92 Å². The Morgan fingerprint density at radius 3 is 2.48 bits per heavy atom. The average molecular weight is 355 g/mol. The maximum Gasteiger partial charge on any atom is 0.223 e. The molecule has 0 atom stereocenters. The highest BCUT2D eigenvalue weighted by molar-refractivity contribution is 6.35. The van der Waals surface area contributed by atoms with Crippen LogP contribution in [0.3, 0.4) is 0 Å². The predicted molar refractivity (Wildman–Crippen MR) is 94.9 cm³/mol. The number of amides is 1. The van der Waals surface area contributed by atoms with E-state index in [0.29, 0.717) is 11.1 Å². The molecule has 1 saturated carbocycles. The van der Waals surface area contributed by atoms with Gasteiger partial charge in [-0.25, -0.2) is 0 Å². The largest absolute Gasteiger partial charge is 0.353 e. The summed E-state index contributed by atoms with van der Waals surface area (Å²) in [5, 5.41) is 4.62. The molecule has 2 aliphatic rings. The lowest BCUT2D eigenvalue weighted by Crippen LogP contribution is -2.43. The summed E-state index contributed by atoms with van der Waals surface area (Å²) in [5.41, 5.74) is 1.10. The predicted octanol–water partition coefficient (Wildman–Crippen LogP) is 4.26. The first-order valence-electron chi connectivity index (χ1n) is 8.58. The second-order valence-electron chi connectivity index (χ2n) is 6.78. The van der Waals surface area contributed by atoms with Crippen LogP contribution in [0.5, 0.6) is 0 Å². The van der Waals surface area contributed by atoms with E-state index in [1.54, 1.807) is 6.07 Å². The number of nitrogens with one attached hydrogen (secondary N) is 1. The van der Waals surface area contributed by atoms with Crippen LogP contribution in [0.1, 0.15) is 44.1 Å². The van der Waals surface area contributed by atoms with Crippen LogP contribution < -0.4 is 5.32 Å². The number of benzene rings is 1. The molecular weight excluding hydrogens is 331 g/mol. The molecule has 0 spiro atoms. The van der Waals surface area contributed by atoms with Gasteiger partial charge in [0.25, 0.3) is 0 Å². The van der Waals surface area contributed by atoms with E-state index in [1.807, 2.05) is 12.1 Å². The third-order valence-electron chi connectivity index (χ3n) is 5.07. The number of hydrogen-bond donors (Lipinski definition) is 1. The maximum absolute atomic E-state index is 12.3. The molecule has 1 heterocycles. The van der Waals surface area contributed by atoms with Crippen LogP contribution in [0.15, 0.2) is 18.2 Å². The van der Waals surface area contributed by atoms with Gasteiger partial charge in [0.1, 0.15) is 0 Å². The fourth-order valence-corrected chi connectivity index (χ4v) is 4.10. The first-order valence-corrected chi connectivity index (χ1v) is 9.34. The van der Waals surface area contributed by atoms with Crippen LogP contribution >= 0.6 is 23.2 Å². The Morgan fingerprint density at radius 1 is 1.13 bits per heavy atom. The summed E-state index contributed by atoms with van der Waals surface area (Å²) in [6, 6.07) is 6.09. The Labute approximate surface area is 148 Å². The molecule has 1 aromatic carbocycles. The smallest absolute Gasteiger partial charge is 0.223 e. The summed E-state index contributed by atoms with van der Waals surface area (Å²) in [5.74, 6) is 0.439. The Morgan fingerprint density at radius 2 is 1.83 bits per heavy atom. The van der Waals surface area contributed by atoms with Crippen LogP contribution in [-0.4, -0.2) is 29.9 Å². The highest BCUT2D eigenvalue weighted by Crippen LogP contribution is 2.25. The highest BCUT2D eigenvalue weighted by atomic mass is 35.5. The van der Waals surface area contributed by atoms with Crippen molar-refractivity contribution in [2.75, 3.05) is 13.1 Å². The maximum atomic E-state index is 12.3. The van der Waals surface area contributed by atoms with Gasteiger partial charge in [-0.1, -0.05) is 42.1 Å². The van der Waals surface area contributed by atoms with Gasteiger partial charge in [0.2, 0.25) is 5.91 Å². The third-order valence-corrected chi connectivity index (χ3v) is 5.66. The van der Waals surface area contributed by atoms with Crippen molar-refractivity contribution >= 4 is 29.1 Å². The molecule has 1 aliphatic carbocycles. The topological polar surface area (TPSA) is 32.3 Å². The molecule has 1 aromatic rings. The van der Waals surface area contributed by atoms with Gasteiger partial charge >= 0.3 is 0 Å². The molecule has 1 aliphatic heterocycles. The van der Waals surface area contributed by atoms with Gasteiger partial charge in [-0.3, -0.25) is 9.69 Å². The summed E-state index contributed by atoms with van der Waals surface area (Å²) in [6.45, 7) is 2.72. The van der Waals surface area contributed by atoms with Crippen LogP contribution in [0, 0.1) is 5.92 Å². The Hall–Kier alpha value is -0.770. The molecule has 1 amide bonds. The van der Waals surface area contributed by atoms with Gasteiger partial charge in [0.05, 0.1) is 0 Å². The van der Waals surface area contributed by atoms with E-state index in [0.717, 1.165) is 55.9 Å². The SMILES string of the molecule is O=C(NC1CCCC1)C1CCN(Cc2ccc(Cl)cc2Cl)CC1. The molecule has 0 bridgehead atoms. The Balaban J connectivity index is 1.47. The van der Waals surface area contributed by atoms with Crippen LogP contribution in [0.2, 0.25) is 10.0 Å². The summed E-state index contributed by atoms with van der Waals surface area (Å²) in [6.07, 6.45) is 6.68. The van der Waals surface area contributed by atoms with Gasteiger partial charge < -0.3 is 5.32 Å². The molecule has 0 aromatic heterocycles. The van der Waals surface area contributed by atoms with E-state index in [2.05, 4.69) is 10.2 Å². The van der Waals surface area contributed by atoms with Crippen molar-refractivity contribution in [3.8, 4) is 0 Å². The summed E-state index contributed by atoms with van der Waals surface area (Å²) >= 11 is 12.2. The van der Waals surface area contributed by atoms with E-state index in [1.165, 1.54) is 12.8 Å². The van der Waals surface area contributed by atoms with E-state index in [-0.39, 0.29) is 11.8 Å². The van der Waals surface area contributed by atoms with Crippen molar-refractivity contribution in [3.63, 3.8) is 0 Å². The van der Waals surface area contributed by atoms with Gasteiger partial charge in [0, 0.05) is 28.5 Å². The minimum Gasteiger partial charge on any atom is -0.353 e. The molecule has 23 heavy (non-hydrogen) atoms. The Bertz CT molecular complexity index is 550. The molecule has 2 fully saturated rings. The number of nitrogens with zero attached hydrogens (tertiary/aromatic N) is 1. The zero-order chi connectivity index (χ0) is 16.2. The average Bonchev–Trinajstić information content (AvgIpc) is 3.04. The second-order valence-corrected chi connectivity index (χ2v) is 7.62. The first-order chi connectivity index (χ1) is 11.1. The van der Waals surface area contributed by atoms with Crippen LogP contribution in [0.4, 0.5) is 0 Å². The first kappa shape index (κ1) is 17.1. The number of carbonyl (C=O) groups is 1. The zero-order valence-corrected chi connectivity index (χ0v) is 14.9. The zero-order valence-electron chi connectivity index (χ0n) is 13.4. The van der Waals surface area contributed by atoms with Gasteiger partial charge in [-0.2, -0.15) is 0 Å². The van der Waals surface area contributed by atoms with E-state index in [4.69, 9.17) is 23.2 Å². The standard InChI is InChI=1S/C18H24Cl2N2O/c19-15-6-5-14(17(20)11-15)12-22-9-7-13(8-10-22)18(23)21-16-3-1-2-4-16/h5-6,11,13,16H,1-4,7-10,12H2,(H,21,23). The van der Waals surface area contributed by atoms with Gasteiger partial charge in [-0.15, -0.1) is 0 Å². The van der Waals surface area contributed by atoms with Crippen molar-refractivity contribution in [1.82, 2.24) is 10.2 Å². The lowest BCUT2D eigenvalue weighted by Gasteiger charge is -2.32. The number of rotatable bonds is 4. The van der Waals surface area contributed by atoms with Crippen LogP contribution in [-0.2, 0) is 11.3 Å². The second kappa shape index (κ2) is 7.87. The summed E-state index contributed by atoms with van der Waals surface area (Å²) in [7, 11) is 0. The molecule has 0 radical (unpaired) electrons. The molecule has 3 nitrogen and oxygen atoms in total. The molecule has 0 unspecified atom stereocenters. The molecule has 3 rings (SSSR count). The number of hydrogen-bond acceptors (Lipinski definition) is 2. The number of likely N-dealkylation sites (tertiary alicyclic amines) is 1. The van der Waals surface area contributed by atoms with E-state index < -0.39 is 0 Å². The normalized spacial score (nSPS) is 20.8. The molecule has 1 N–H and O–H groups in total. The molecule has 1 saturated heterocycles. The van der Waals surface area contributed by atoms with Gasteiger partial charge in [0.15, 0.2) is 0 Å². The molecule has 126 valence electrons. The summed E-state index contributed by atoms with van der Waals surface area (Å²) in [4.78, 5) is 14.7. The van der Waals surface area contributed by atoms with Crippen molar-refractivity contribution in [3.05, 3.63) is 33.8 Å². The van der Waals surface area contributed by atoms with Crippen LogP contribution in [0.25, 0.3) is 0 Å². The fraction of sp³-hybridized carbons (Fsp3) is 0.611. The number of halogens is 2. The number of piperidine rings is 1. The van der Waals surface area contributed by atoms with Crippen molar-refractivity contribution in [1.29, 1.82) is 0 Å². The van der Waals surface area contributed by atoms with Crippen molar-refractivity contribution < 1.29 is 4.79 Å².